The number of nitrogens with zero attached hydrogens (tertiary/aromatic N) is 1. The van der Waals surface area contributed by atoms with Gasteiger partial charge in [-0.3, -0.25) is 9.63 Å². The molecule has 0 aliphatic carbocycles. The third-order valence-electron chi connectivity index (χ3n) is 1.68. The highest BCUT2D eigenvalue weighted by Gasteiger charge is 2.28. The molecule has 6 heteroatoms. The molecule has 0 saturated carbocycles. The molecule has 82 valence electrons. The summed E-state index contributed by atoms with van der Waals surface area (Å²) in [5, 5.41) is 0.994. The topological polar surface area (TPSA) is 81.9 Å². The predicted octanol–water partition coefficient (Wildman–Crippen LogP) is 0.126. The second kappa shape index (κ2) is 5.43. The van der Waals surface area contributed by atoms with Crippen LogP contribution in [0.3, 0.4) is 0 Å². The molecule has 0 heterocycles. The fourth-order valence-corrected chi connectivity index (χ4v) is 0.866. The van der Waals surface area contributed by atoms with Crippen molar-refractivity contribution in [1.82, 2.24) is 5.06 Å². The van der Waals surface area contributed by atoms with Crippen molar-refractivity contribution in [2.45, 2.75) is 20.0 Å². The van der Waals surface area contributed by atoms with E-state index in [4.69, 9.17) is 5.73 Å². The van der Waals surface area contributed by atoms with E-state index in [2.05, 4.69) is 9.57 Å². The third-order valence-corrected chi connectivity index (χ3v) is 1.68. The fourth-order valence-electron chi connectivity index (χ4n) is 0.866. The van der Waals surface area contributed by atoms with Gasteiger partial charge in [-0.05, 0) is 5.92 Å². The van der Waals surface area contributed by atoms with Gasteiger partial charge in [0.25, 0.3) is 5.91 Å². The second-order valence-electron chi connectivity index (χ2n) is 3.12. The maximum Gasteiger partial charge on any atom is 0.405 e. The molecule has 1 atom stereocenters. The summed E-state index contributed by atoms with van der Waals surface area (Å²) < 4.78 is 4.66. The standard InChI is InChI=1S/C8H16N2O4/c1-5(2)6(14-8(9)12)7(11)10(3)13-4/h5-6H,1-4H3,(H2,9,12)/t6-/m0/s1. The minimum absolute atomic E-state index is 0.160. The van der Waals surface area contributed by atoms with Crippen molar-refractivity contribution in [2.24, 2.45) is 11.7 Å². The minimum Gasteiger partial charge on any atom is -0.436 e. The highest BCUT2D eigenvalue weighted by Crippen LogP contribution is 2.09. The predicted molar refractivity (Wildman–Crippen MR) is 49.1 cm³/mol. The molecule has 0 spiro atoms. The Labute approximate surface area is 82.9 Å². The van der Waals surface area contributed by atoms with Gasteiger partial charge in [0.2, 0.25) is 0 Å². The number of carbonyl (C=O) groups excluding carboxylic acids is 2. The molecule has 2 N–H and O–H groups in total. The first kappa shape index (κ1) is 12.7. The molecule has 0 saturated heterocycles. The van der Waals surface area contributed by atoms with E-state index in [-0.39, 0.29) is 5.92 Å². The van der Waals surface area contributed by atoms with E-state index in [1.807, 2.05) is 0 Å². The van der Waals surface area contributed by atoms with Crippen molar-refractivity contribution in [1.29, 1.82) is 0 Å². The highest BCUT2D eigenvalue weighted by atomic mass is 16.7. The van der Waals surface area contributed by atoms with Crippen molar-refractivity contribution < 1.29 is 19.2 Å². The van der Waals surface area contributed by atoms with Gasteiger partial charge in [-0.2, -0.15) is 0 Å². The van der Waals surface area contributed by atoms with E-state index < -0.39 is 18.1 Å². The van der Waals surface area contributed by atoms with Crippen LogP contribution in [0.25, 0.3) is 0 Å². The molecule has 6 nitrogen and oxygen atoms in total. The van der Waals surface area contributed by atoms with E-state index in [0.29, 0.717) is 0 Å². The van der Waals surface area contributed by atoms with Crippen LogP contribution in [0.2, 0.25) is 0 Å². The molecule has 0 unspecified atom stereocenters. The number of hydrogen-bond donors (Lipinski definition) is 1. The molecule has 0 aromatic carbocycles. The molecule has 14 heavy (non-hydrogen) atoms. The molecule has 0 aliphatic rings. The van der Waals surface area contributed by atoms with Gasteiger partial charge in [0, 0.05) is 7.05 Å². The van der Waals surface area contributed by atoms with Crippen LogP contribution in [0.5, 0.6) is 0 Å². The van der Waals surface area contributed by atoms with Crippen LogP contribution in [0.15, 0.2) is 0 Å². The van der Waals surface area contributed by atoms with Crippen LogP contribution in [0, 0.1) is 5.92 Å². The average Bonchev–Trinajstić information content (AvgIpc) is 2.11. The summed E-state index contributed by atoms with van der Waals surface area (Å²) in [5.74, 6) is -0.603. The number of likely N-dealkylation sites (N-methyl/N-ethyl adjacent to an activating group) is 1. The average molecular weight is 204 g/mol. The maximum absolute atomic E-state index is 11.5. The van der Waals surface area contributed by atoms with Gasteiger partial charge < -0.3 is 10.5 Å². The molecule has 0 aliphatic heterocycles. The van der Waals surface area contributed by atoms with Crippen LogP contribution >= 0.6 is 0 Å². The van der Waals surface area contributed by atoms with Gasteiger partial charge in [-0.1, -0.05) is 13.8 Å². The minimum atomic E-state index is -0.971. The van der Waals surface area contributed by atoms with Gasteiger partial charge in [0.05, 0.1) is 7.11 Å². The van der Waals surface area contributed by atoms with E-state index in [0.717, 1.165) is 5.06 Å². The molecule has 0 radical (unpaired) electrons. The van der Waals surface area contributed by atoms with Crippen LogP contribution in [0.4, 0.5) is 4.79 Å². The zero-order valence-electron chi connectivity index (χ0n) is 8.81. The number of nitrogens with two attached hydrogens (primary N) is 1. The molecule has 0 rings (SSSR count). The summed E-state index contributed by atoms with van der Waals surface area (Å²) in [5.41, 5.74) is 4.84. The lowest BCUT2D eigenvalue weighted by atomic mass is 10.1. The number of hydroxylamine groups is 2. The Kier molecular flexibility index (Phi) is 4.93. The first-order valence-electron chi connectivity index (χ1n) is 4.18. The summed E-state index contributed by atoms with van der Waals surface area (Å²) in [6, 6.07) is 0. The number of primary amides is 1. The lowest BCUT2D eigenvalue weighted by Crippen LogP contribution is -2.42. The molecular formula is C8H16N2O4. The third kappa shape index (κ3) is 3.61. The number of hydrogen-bond acceptors (Lipinski definition) is 4. The van der Waals surface area contributed by atoms with E-state index in [1.54, 1.807) is 13.8 Å². The van der Waals surface area contributed by atoms with E-state index in [9.17, 15) is 9.59 Å². The zero-order valence-corrected chi connectivity index (χ0v) is 8.81. The Morgan fingerprint density at radius 3 is 2.14 bits per heavy atom. The second-order valence-corrected chi connectivity index (χ2v) is 3.12. The van der Waals surface area contributed by atoms with Gasteiger partial charge in [0.15, 0.2) is 6.10 Å². The number of amides is 2. The summed E-state index contributed by atoms with van der Waals surface area (Å²) >= 11 is 0. The summed E-state index contributed by atoms with van der Waals surface area (Å²) in [6.07, 6.45) is -1.88. The first-order valence-corrected chi connectivity index (χ1v) is 4.18. The molecule has 2 amide bonds. The number of carbonyl (C=O) groups is 2. The Hall–Kier alpha value is -1.30. The summed E-state index contributed by atoms with van der Waals surface area (Å²) in [6.45, 7) is 3.49. The summed E-state index contributed by atoms with van der Waals surface area (Å²) in [7, 11) is 2.78. The van der Waals surface area contributed by atoms with Crippen molar-refractivity contribution in [3.63, 3.8) is 0 Å². The Morgan fingerprint density at radius 2 is 1.86 bits per heavy atom. The fraction of sp³-hybridized carbons (Fsp3) is 0.750. The van der Waals surface area contributed by atoms with Gasteiger partial charge >= 0.3 is 6.09 Å². The maximum atomic E-state index is 11.5. The molecule has 0 aromatic heterocycles. The number of ether oxygens (including phenoxy) is 1. The van der Waals surface area contributed by atoms with Crippen molar-refractivity contribution in [2.75, 3.05) is 14.2 Å². The zero-order chi connectivity index (χ0) is 11.3. The van der Waals surface area contributed by atoms with Crippen LogP contribution in [-0.2, 0) is 14.4 Å². The van der Waals surface area contributed by atoms with Crippen molar-refractivity contribution >= 4 is 12.0 Å². The molecule has 0 fully saturated rings. The van der Waals surface area contributed by atoms with Crippen molar-refractivity contribution in [3.8, 4) is 0 Å². The largest absolute Gasteiger partial charge is 0.436 e. The van der Waals surface area contributed by atoms with Gasteiger partial charge in [-0.25, -0.2) is 9.86 Å². The lowest BCUT2D eigenvalue weighted by Gasteiger charge is -2.23. The normalized spacial score (nSPS) is 12.4. The SMILES string of the molecule is CON(C)C(=O)[C@@H](OC(N)=O)C(C)C. The lowest BCUT2D eigenvalue weighted by molar-refractivity contribution is -0.179. The van der Waals surface area contributed by atoms with Crippen molar-refractivity contribution in [3.05, 3.63) is 0 Å². The quantitative estimate of drug-likeness (QED) is 0.660. The molecular weight excluding hydrogens is 188 g/mol. The van der Waals surface area contributed by atoms with Crippen LogP contribution < -0.4 is 5.73 Å². The Balaban J connectivity index is 4.49. The summed E-state index contributed by atoms with van der Waals surface area (Å²) in [4.78, 5) is 26.7. The monoisotopic (exact) mass is 204 g/mol. The first-order chi connectivity index (χ1) is 6.40. The van der Waals surface area contributed by atoms with Crippen LogP contribution in [0.1, 0.15) is 13.8 Å². The number of rotatable bonds is 4. The Morgan fingerprint density at radius 1 is 1.36 bits per heavy atom. The van der Waals surface area contributed by atoms with E-state index >= 15 is 0 Å². The molecule has 0 bridgehead atoms. The van der Waals surface area contributed by atoms with Gasteiger partial charge in [0.1, 0.15) is 0 Å². The van der Waals surface area contributed by atoms with Gasteiger partial charge in [-0.15, -0.1) is 0 Å². The Bertz CT molecular complexity index is 217. The molecule has 0 aromatic rings. The van der Waals surface area contributed by atoms with Crippen LogP contribution in [-0.4, -0.2) is 37.3 Å². The van der Waals surface area contributed by atoms with E-state index in [1.165, 1.54) is 14.2 Å². The highest BCUT2D eigenvalue weighted by molar-refractivity contribution is 5.82. The smallest absolute Gasteiger partial charge is 0.405 e.